The van der Waals surface area contributed by atoms with Crippen LogP contribution in [0.1, 0.15) is 41.5 Å². The van der Waals surface area contributed by atoms with E-state index >= 15 is 0 Å². The minimum atomic E-state index is 1.11. The highest BCUT2D eigenvalue weighted by atomic mass is 14.8. The van der Waals surface area contributed by atoms with Crippen LogP contribution in [0.4, 0.5) is 5.69 Å². The van der Waals surface area contributed by atoms with Crippen LogP contribution < -0.4 is 10.7 Å². The maximum Gasteiger partial charge on any atom is 0.282 e. The molecule has 0 fully saturated rings. The van der Waals surface area contributed by atoms with E-state index in [1.165, 1.54) is 5.46 Å². The van der Waals surface area contributed by atoms with E-state index in [0.29, 0.717) is 0 Å². The SMILES string of the molecule is CC.CC.CC.[B](Nc1ccccc1)c1ccccc1. The summed E-state index contributed by atoms with van der Waals surface area (Å²) in [6.45, 7) is 12.0. The highest BCUT2D eigenvalue weighted by Gasteiger charge is 1.94. The first-order chi connectivity index (χ1) is 9.95. The number of hydrogen-bond donors (Lipinski definition) is 1. The van der Waals surface area contributed by atoms with Gasteiger partial charge in [0.15, 0.2) is 0 Å². The molecule has 0 spiro atoms. The molecule has 109 valence electrons. The van der Waals surface area contributed by atoms with Gasteiger partial charge in [-0.25, -0.2) is 0 Å². The number of anilines is 1. The lowest BCUT2D eigenvalue weighted by Gasteiger charge is -2.03. The monoisotopic (exact) mass is 270 g/mol. The number of nitrogens with one attached hydrogen (secondary N) is 1. The second kappa shape index (κ2) is 17.3. The predicted octanol–water partition coefficient (Wildman–Crippen LogP) is 5.12. The Morgan fingerprint density at radius 1 is 0.600 bits per heavy atom. The van der Waals surface area contributed by atoms with Crippen molar-refractivity contribution in [1.82, 2.24) is 0 Å². The van der Waals surface area contributed by atoms with Crippen LogP contribution in [-0.4, -0.2) is 7.41 Å². The van der Waals surface area contributed by atoms with Crippen LogP contribution in [0.15, 0.2) is 60.7 Å². The molecule has 20 heavy (non-hydrogen) atoms. The standard InChI is InChI=1S/C12H11BN.3C2H6/c1-3-7-11(8-4-1)13-14-12-9-5-2-6-10-12;3*1-2/h1-10,14H;3*1-2H3. The molecule has 0 saturated heterocycles. The van der Waals surface area contributed by atoms with Gasteiger partial charge in [-0.1, -0.05) is 95.5 Å². The Morgan fingerprint density at radius 2 is 1.00 bits per heavy atom. The molecule has 2 rings (SSSR count). The molecule has 2 aromatic carbocycles. The molecular formula is C18H29BN. The van der Waals surface area contributed by atoms with Crippen LogP contribution in [0, 0.1) is 0 Å². The van der Waals surface area contributed by atoms with Crippen LogP contribution in [0.3, 0.4) is 0 Å². The molecule has 0 atom stereocenters. The lowest BCUT2D eigenvalue weighted by Crippen LogP contribution is -2.21. The van der Waals surface area contributed by atoms with Crippen molar-refractivity contribution in [2.24, 2.45) is 0 Å². The molecule has 0 amide bonds. The Kier molecular flexibility index (Phi) is 17.8. The van der Waals surface area contributed by atoms with Crippen LogP contribution in [0.5, 0.6) is 0 Å². The first kappa shape index (κ1) is 20.6. The van der Waals surface area contributed by atoms with Crippen molar-refractivity contribution >= 4 is 18.6 Å². The number of para-hydroxylation sites is 1. The second-order valence-electron chi connectivity index (χ2n) is 3.07. The van der Waals surface area contributed by atoms with Gasteiger partial charge in [-0.3, -0.25) is 0 Å². The van der Waals surface area contributed by atoms with E-state index in [1.54, 1.807) is 0 Å². The van der Waals surface area contributed by atoms with Crippen molar-refractivity contribution < 1.29 is 0 Å². The fraction of sp³-hybridized carbons (Fsp3) is 0.333. The molecule has 1 radical (unpaired) electrons. The quantitative estimate of drug-likeness (QED) is 0.763. The van der Waals surface area contributed by atoms with Crippen LogP contribution in [0.25, 0.3) is 0 Å². The zero-order chi connectivity index (χ0) is 15.6. The Bertz CT molecular complexity index is 334. The van der Waals surface area contributed by atoms with Gasteiger partial charge in [0.05, 0.1) is 0 Å². The van der Waals surface area contributed by atoms with Crippen molar-refractivity contribution in [2.75, 3.05) is 5.23 Å². The number of benzene rings is 2. The first-order valence-electron chi connectivity index (χ1n) is 7.65. The summed E-state index contributed by atoms with van der Waals surface area (Å²) in [5.41, 5.74) is 2.28. The Labute approximate surface area is 126 Å². The zero-order valence-corrected chi connectivity index (χ0v) is 13.9. The summed E-state index contributed by atoms with van der Waals surface area (Å²) in [4.78, 5) is 0. The van der Waals surface area contributed by atoms with E-state index in [1.807, 2.05) is 97.5 Å². The summed E-state index contributed by atoms with van der Waals surface area (Å²) >= 11 is 0. The fourth-order valence-electron chi connectivity index (χ4n) is 1.25. The average Bonchev–Trinajstić information content (AvgIpc) is 2.60. The van der Waals surface area contributed by atoms with Gasteiger partial charge in [0.2, 0.25) is 0 Å². The Hall–Kier alpha value is -1.70. The first-order valence-corrected chi connectivity index (χ1v) is 7.65. The lowest BCUT2D eigenvalue weighted by molar-refractivity contribution is 1.50. The van der Waals surface area contributed by atoms with Gasteiger partial charge in [0.1, 0.15) is 0 Å². The zero-order valence-electron chi connectivity index (χ0n) is 13.9. The van der Waals surface area contributed by atoms with Gasteiger partial charge in [0.25, 0.3) is 7.41 Å². The van der Waals surface area contributed by atoms with Gasteiger partial charge in [-0.2, -0.15) is 0 Å². The van der Waals surface area contributed by atoms with E-state index in [9.17, 15) is 0 Å². The summed E-state index contributed by atoms with van der Waals surface area (Å²) < 4.78 is 0. The largest absolute Gasteiger partial charge is 0.428 e. The molecule has 0 aliphatic rings. The van der Waals surface area contributed by atoms with E-state index in [2.05, 4.69) is 17.4 Å². The van der Waals surface area contributed by atoms with Crippen molar-refractivity contribution in [2.45, 2.75) is 41.5 Å². The third-order valence-corrected chi connectivity index (χ3v) is 1.98. The van der Waals surface area contributed by atoms with Crippen molar-refractivity contribution in [3.63, 3.8) is 0 Å². The smallest absolute Gasteiger partial charge is 0.282 e. The van der Waals surface area contributed by atoms with Crippen LogP contribution in [0.2, 0.25) is 0 Å². The van der Waals surface area contributed by atoms with Crippen molar-refractivity contribution in [3.8, 4) is 0 Å². The molecule has 0 aromatic heterocycles. The summed E-state index contributed by atoms with van der Waals surface area (Å²) in [6.07, 6.45) is 0. The Balaban J connectivity index is 0. The summed E-state index contributed by atoms with van der Waals surface area (Å²) in [7, 11) is 2.00. The highest BCUT2D eigenvalue weighted by Crippen LogP contribution is 2.02. The van der Waals surface area contributed by atoms with Crippen LogP contribution in [-0.2, 0) is 0 Å². The summed E-state index contributed by atoms with van der Waals surface area (Å²) in [5, 5.41) is 3.24. The van der Waals surface area contributed by atoms with Crippen molar-refractivity contribution in [1.29, 1.82) is 0 Å². The topological polar surface area (TPSA) is 12.0 Å². The Morgan fingerprint density at radius 3 is 1.45 bits per heavy atom. The molecule has 2 heteroatoms. The normalized spacial score (nSPS) is 7.50. The number of hydrogen-bond acceptors (Lipinski definition) is 1. The molecule has 0 heterocycles. The van der Waals surface area contributed by atoms with E-state index in [-0.39, 0.29) is 0 Å². The lowest BCUT2D eigenvalue weighted by atomic mass is 9.83. The molecule has 0 saturated carbocycles. The third kappa shape index (κ3) is 10.2. The molecular weight excluding hydrogens is 241 g/mol. The van der Waals surface area contributed by atoms with Gasteiger partial charge in [-0.15, -0.1) is 0 Å². The average molecular weight is 270 g/mol. The summed E-state index contributed by atoms with van der Waals surface area (Å²) in [5.74, 6) is 0. The van der Waals surface area contributed by atoms with Gasteiger partial charge < -0.3 is 5.23 Å². The van der Waals surface area contributed by atoms with Crippen LogP contribution >= 0.6 is 0 Å². The van der Waals surface area contributed by atoms with Gasteiger partial charge in [0, 0.05) is 5.69 Å². The third-order valence-electron chi connectivity index (χ3n) is 1.98. The minimum Gasteiger partial charge on any atom is -0.428 e. The van der Waals surface area contributed by atoms with E-state index < -0.39 is 0 Å². The maximum atomic E-state index is 3.24. The van der Waals surface area contributed by atoms with Gasteiger partial charge >= 0.3 is 0 Å². The maximum absolute atomic E-state index is 3.24. The van der Waals surface area contributed by atoms with Gasteiger partial charge in [-0.05, 0) is 12.1 Å². The van der Waals surface area contributed by atoms with Crippen molar-refractivity contribution in [3.05, 3.63) is 60.7 Å². The molecule has 0 bridgehead atoms. The van der Waals surface area contributed by atoms with E-state index in [0.717, 1.165) is 5.69 Å². The molecule has 0 aliphatic heterocycles. The minimum absolute atomic E-state index is 1.11. The molecule has 2 aromatic rings. The highest BCUT2D eigenvalue weighted by molar-refractivity contribution is 6.56. The molecule has 1 nitrogen and oxygen atoms in total. The second-order valence-corrected chi connectivity index (χ2v) is 3.07. The fourth-order valence-corrected chi connectivity index (χ4v) is 1.25. The molecule has 0 aliphatic carbocycles. The van der Waals surface area contributed by atoms with E-state index in [4.69, 9.17) is 0 Å². The summed E-state index contributed by atoms with van der Waals surface area (Å²) in [6, 6.07) is 20.3. The molecule has 1 N–H and O–H groups in total. The predicted molar refractivity (Wildman–Crippen MR) is 95.9 cm³/mol. The number of rotatable bonds is 3. The molecule has 0 unspecified atom stereocenters.